The van der Waals surface area contributed by atoms with E-state index in [1.165, 1.54) is 15.6 Å². The molecule has 0 radical (unpaired) electrons. The van der Waals surface area contributed by atoms with Gasteiger partial charge in [-0.1, -0.05) is 0 Å². The van der Waals surface area contributed by atoms with Crippen LogP contribution in [0.2, 0.25) is 0 Å². The van der Waals surface area contributed by atoms with Crippen LogP contribution < -0.4 is 5.32 Å². The highest BCUT2D eigenvalue weighted by Gasteiger charge is 2.24. The molecule has 2 unspecified atom stereocenters. The van der Waals surface area contributed by atoms with Crippen LogP contribution in [0.25, 0.3) is 0 Å². The zero-order valence-corrected chi connectivity index (χ0v) is 12.3. The van der Waals surface area contributed by atoms with Crippen LogP contribution in [0.1, 0.15) is 15.6 Å². The fourth-order valence-electron chi connectivity index (χ4n) is 1.97. The fraction of sp³-hybridized carbons (Fsp3) is 0.750. The molecule has 5 heteroatoms. The first-order chi connectivity index (χ1) is 8.20. The van der Waals surface area contributed by atoms with Gasteiger partial charge in [-0.05, 0) is 20.9 Å². The summed E-state index contributed by atoms with van der Waals surface area (Å²) in [4.78, 5) is 5.94. The zero-order valence-electron chi connectivity index (χ0n) is 10.7. The molecule has 3 nitrogen and oxygen atoms in total. The lowest BCUT2D eigenvalue weighted by atomic mass is 10.1. The second-order valence-corrected chi connectivity index (χ2v) is 6.77. The lowest BCUT2D eigenvalue weighted by Gasteiger charge is -2.29. The van der Waals surface area contributed by atoms with Crippen molar-refractivity contribution in [1.82, 2.24) is 10.3 Å². The Kier molecular flexibility index (Phi) is 4.85. The average molecular weight is 272 g/mol. The summed E-state index contributed by atoms with van der Waals surface area (Å²) in [6.45, 7) is 5.10. The lowest BCUT2D eigenvalue weighted by Crippen LogP contribution is -2.44. The number of nitrogens with zero attached hydrogens (tertiary/aromatic N) is 1. The normalized spacial score (nSPS) is 22.6. The van der Waals surface area contributed by atoms with Crippen molar-refractivity contribution in [2.24, 2.45) is 0 Å². The molecule has 1 aliphatic heterocycles. The summed E-state index contributed by atoms with van der Waals surface area (Å²) in [5, 5.41) is 4.60. The summed E-state index contributed by atoms with van der Waals surface area (Å²) in [6, 6.07) is 0.382. The van der Waals surface area contributed by atoms with Gasteiger partial charge in [-0.2, -0.15) is 11.8 Å². The van der Waals surface area contributed by atoms with E-state index in [0.29, 0.717) is 12.1 Å². The molecular weight excluding hydrogens is 252 g/mol. The van der Waals surface area contributed by atoms with Crippen LogP contribution in [0, 0.1) is 13.8 Å². The van der Waals surface area contributed by atoms with E-state index in [4.69, 9.17) is 4.74 Å². The van der Waals surface area contributed by atoms with Gasteiger partial charge in [0.1, 0.15) is 0 Å². The Labute approximate surface area is 111 Å². The van der Waals surface area contributed by atoms with E-state index in [0.717, 1.165) is 24.5 Å². The van der Waals surface area contributed by atoms with Crippen molar-refractivity contribution < 1.29 is 4.74 Å². The topological polar surface area (TPSA) is 34.2 Å². The molecule has 1 aliphatic rings. The van der Waals surface area contributed by atoms with Crippen LogP contribution in [-0.4, -0.2) is 42.3 Å². The van der Waals surface area contributed by atoms with Gasteiger partial charge in [0.2, 0.25) is 0 Å². The Bertz CT molecular complexity index is 342. The number of thioether (sulfide) groups is 1. The van der Waals surface area contributed by atoms with Crippen molar-refractivity contribution in [2.75, 3.05) is 25.2 Å². The van der Waals surface area contributed by atoms with Gasteiger partial charge in [-0.15, -0.1) is 11.3 Å². The van der Waals surface area contributed by atoms with E-state index >= 15 is 0 Å². The van der Waals surface area contributed by atoms with Gasteiger partial charge >= 0.3 is 0 Å². The first-order valence-corrected chi connectivity index (χ1v) is 7.97. The molecule has 2 atom stereocenters. The maximum absolute atomic E-state index is 5.83. The van der Waals surface area contributed by atoms with Gasteiger partial charge in [0, 0.05) is 28.8 Å². The number of thiazole rings is 1. The van der Waals surface area contributed by atoms with E-state index in [2.05, 4.69) is 24.1 Å². The molecular formula is C12H20N2OS2. The average Bonchev–Trinajstić information content (AvgIpc) is 2.67. The summed E-state index contributed by atoms with van der Waals surface area (Å²) in [5.41, 5.74) is 1.17. The summed E-state index contributed by atoms with van der Waals surface area (Å²) in [7, 11) is 2.01. The maximum atomic E-state index is 5.83. The zero-order chi connectivity index (χ0) is 12.3. The number of ether oxygens (including phenoxy) is 1. The molecule has 17 heavy (non-hydrogen) atoms. The third-order valence-corrected chi connectivity index (χ3v) is 5.24. The number of nitrogens with one attached hydrogen (secondary N) is 1. The van der Waals surface area contributed by atoms with Crippen molar-refractivity contribution in [1.29, 1.82) is 0 Å². The Morgan fingerprint density at radius 3 is 2.88 bits per heavy atom. The van der Waals surface area contributed by atoms with Crippen molar-refractivity contribution in [3.05, 3.63) is 15.6 Å². The van der Waals surface area contributed by atoms with Gasteiger partial charge < -0.3 is 10.1 Å². The van der Waals surface area contributed by atoms with Crippen LogP contribution in [0.4, 0.5) is 0 Å². The number of likely N-dealkylation sites (N-methyl/N-ethyl adjacent to an activating group) is 1. The SMILES string of the molecule is CNC(Cc1nc(C)c(C)s1)C1CSCCO1. The monoisotopic (exact) mass is 272 g/mol. The highest BCUT2D eigenvalue weighted by molar-refractivity contribution is 7.99. The van der Waals surface area contributed by atoms with Crippen LogP contribution in [0.3, 0.4) is 0 Å². The molecule has 0 bridgehead atoms. The first kappa shape index (κ1) is 13.3. The van der Waals surface area contributed by atoms with E-state index < -0.39 is 0 Å². The highest BCUT2D eigenvalue weighted by Crippen LogP contribution is 2.21. The van der Waals surface area contributed by atoms with Crippen molar-refractivity contribution in [2.45, 2.75) is 32.4 Å². The summed E-state index contributed by atoms with van der Waals surface area (Å²) >= 11 is 3.79. The number of rotatable bonds is 4. The molecule has 0 aromatic carbocycles. The van der Waals surface area contributed by atoms with Gasteiger partial charge in [-0.3, -0.25) is 0 Å². The molecule has 0 aliphatic carbocycles. The van der Waals surface area contributed by atoms with Crippen LogP contribution in [0.15, 0.2) is 0 Å². The van der Waals surface area contributed by atoms with Crippen LogP contribution in [0.5, 0.6) is 0 Å². The largest absolute Gasteiger partial charge is 0.375 e. The van der Waals surface area contributed by atoms with Gasteiger partial charge in [0.15, 0.2) is 0 Å². The Balaban J connectivity index is 1.98. The molecule has 1 saturated heterocycles. The minimum atomic E-state index is 0.322. The third-order valence-electron chi connectivity index (χ3n) is 3.13. The maximum Gasteiger partial charge on any atom is 0.0947 e. The molecule has 1 N–H and O–H groups in total. The minimum Gasteiger partial charge on any atom is -0.375 e. The molecule has 1 aromatic heterocycles. The second kappa shape index (κ2) is 6.18. The predicted molar refractivity (Wildman–Crippen MR) is 75.2 cm³/mol. The van der Waals surface area contributed by atoms with Crippen LogP contribution in [-0.2, 0) is 11.2 Å². The molecule has 0 saturated carbocycles. The molecule has 0 amide bonds. The van der Waals surface area contributed by atoms with Crippen molar-refractivity contribution in [3.63, 3.8) is 0 Å². The van der Waals surface area contributed by atoms with E-state index in [1.807, 2.05) is 30.1 Å². The predicted octanol–water partition coefficient (Wildman–Crippen LogP) is 2.02. The molecule has 1 aromatic rings. The highest BCUT2D eigenvalue weighted by atomic mass is 32.2. The Morgan fingerprint density at radius 1 is 1.53 bits per heavy atom. The summed E-state index contributed by atoms with van der Waals surface area (Å²) in [5.74, 6) is 2.22. The van der Waals surface area contributed by atoms with Gasteiger partial charge in [-0.25, -0.2) is 4.98 Å². The molecule has 2 rings (SSSR count). The molecule has 0 spiro atoms. The van der Waals surface area contributed by atoms with Crippen molar-refractivity contribution in [3.8, 4) is 0 Å². The quantitative estimate of drug-likeness (QED) is 0.909. The molecule has 1 fully saturated rings. The smallest absolute Gasteiger partial charge is 0.0947 e. The third kappa shape index (κ3) is 3.44. The van der Waals surface area contributed by atoms with E-state index in [1.54, 1.807) is 0 Å². The van der Waals surface area contributed by atoms with E-state index in [-0.39, 0.29) is 0 Å². The summed E-state index contributed by atoms with van der Waals surface area (Å²) < 4.78 is 5.83. The fourth-order valence-corrected chi connectivity index (χ4v) is 3.91. The number of hydrogen-bond acceptors (Lipinski definition) is 5. The lowest BCUT2D eigenvalue weighted by molar-refractivity contribution is 0.0492. The first-order valence-electron chi connectivity index (χ1n) is 6.00. The van der Waals surface area contributed by atoms with Gasteiger partial charge in [0.05, 0.1) is 23.4 Å². The number of hydrogen-bond donors (Lipinski definition) is 1. The summed E-state index contributed by atoms with van der Waals surface area (Å²) in [6.07, 6.45) is 1.30. The Hall–Kier alpha value is -0.100. The molecule has 2 heterocycles. The van der Waals surface area contributed by atoms with E-state index in [9.17, 15) is 0 Å². The Morgan fingerprint density at radius 2 is 2.35 bits per heavy atom. The van der Waals surface area contributed by atoms with Crippen LogP contribution >= 0.6 is 23.1 Å². The number of aryl methyl sites for hydroxylation is 2. The second-order valence-electron chi connectivity index (χ2n) is 4.33. The van der Waals surface area contributed by atoms with Crippen molar-refractivity contribution >= 4 is 23.1 Å². The number of aromatic nitrogens is 1. The molecule has 96 valence electrons. The minimum absolute atomic E-state index is 0.322. The van der Waals surface area contributed by atoms with Gasteiger partial charge in [0.25, 0.3) is 0 Å². The standard InChI is InChI=1S/C12H20N2OS2/c1-8-9(2)17-12(14-8)6-10(13-3)11-7-16-5-4-15-11/h10-11,13H,4-7H2,1-3H3.